The molecule has 0 saturated heterocycles. The van der Waals surface area contributed by atoms with Crippen LogP contribution in [0.25, 0.3) is 0 Å². The smallest absolute Gasteiger partial charge is 0.868 e. The van der Waals surface area contributed by atoms with Crippen molar-refractivity contribution in [2.24, 2.45) is 27.4 Å². The fourth-order valence-corrected chi connectivity index (χ4v) is 12.1. The number of nitrogens with two attached hydrogens (primary N) is 1. The van der Waals surface area contributed by atoms with E-state index >= 15 is 0 Å². The van der Waals surface area contributed by atoms with Gasteiger partial charge in [-0.3, -0.25) is 28.8 Å². The van der Waals surface area contributed by atoms with E-state index in [0.717, 1.165) is 50.5 Å². The van der Waals surface area contributed by atoms with Crippen LogP contribution in [0.1, 0.15) is 95.7 Å². The number of pyridine rings is 3. The van der Waals surface area contributed by atoms with Gasteiger partial charge in [-0.15, -0.1) is 0 Å². The number of nitrogens with zero attached hydrogens (tertiary/aromatic N) is 3. The quantitative estimate of drug-likeness (QED) is 0.0374. The van der Waals surface area contributed by atoms with Gasteiger partial charge in [0, 0.05) is 56.2 Å². The first-order valence-corrected chi connectivity index (χ1v) is 22.7. The molecule has 4 aliphatic carbocycles. The summed E-state index contributed by atoms with van der Waals surface area (Å²) in [5, 5.41) is 132. The van der Waals surface area contributed by atoms with Crippen molar-refractivity contribution in [3.05, 3.63) is 84.5 Å². The fourth-order valence-electron chi connectivity index (χ4n) is 12.1. The number of carbonyl (C=O) groups is 3. The van der Waals surface area contributed by atoms with Crippen molar-refractivity contribution in [3.63, 3.8) is 0 Å². The standard InChI is InChI=1S/C46H63N5O18.Gd/c47-23-45-18-43(6-1-25(55)36-39(66)27(57)3-8-49(36)11-30(60)33(63)14-52)17-44(19-45,7-2-26(56)37-40(67)28(58)4-9-50(37)12-31(61)34(64)15-53)21-46(20-43,22-45)24-48-42(69)38-41(68)29(59)5-10-51(38)13-32(62)35(65)16-54;/h3-5,8-10,30-35,52-54,60-68H,1-2,6-7,11-24,47H2,(H,48,69);/q;+3/p-3/t30?,31?,32?,33?,34?,35?,43-,44+,45?,46?;. The van der Waals surface area contributed by atoms with Gasteiger partial charge in [0.25, 0.3) is 5.91 Å². The van der Waals surface area contributed by atoms with E-state index in [-0.39, 0.29) is 78.7 Å². The number of aliphatic hydroxyl groups is 9. The second-order valence-electron chi connectivity index (χ2n) is 19.8. The van der Waals surface area contributed by atoms with Crippen molar-refractivity contribution in [3.8, 4) is 17.2 Å². The monoisotopic (exact) mass is 1130 g/mol. The minimum Gasteiger partial charge on any atom is -0.868 e. The molecule has 12 N–H and O–H groups in total. The van der Waals surface area contributed by atoms with Gasteiger partial charge in [0.1, 0.15) is 24.0 Å². The molecule has 3 aromatic heterocycles. The van der Waals surface area contributed by atoms with Crippen molar-refractivity contribution >= 4 is 17.5 Å². The summed E-state index contributed by atoms with van der Waals surface area (Å²) in [6.45, 7) is -4.19. The first-order valence-electron chi connectivity index (χ1n) is 22.7. The van der Waals surface area contributed by atoms with E-state index < -0.39 is 166 Å². The summed E-state index contributed by atoms with van der Waals surface area (Å²) in [5.41, 5.74) is -1.46. The number of Topliss-reactive ketones (excluding diaryl/α,β-unsaturated/α-hetero) is 2. The number of aromatic nitrogens is 3. The number of aliphatic hydroxyl groups excluding tert-OH is 9. The number of hydrogen-bond acceptors (Lipinski definition) is 19. The van der Waals surface area contributed by atoms with Crippen LogP contribution in [0.2, 0.25) is 0 Å². The van der Waals surface area contributed by atoms with Gasteiger partial charge in [0.2, 0.25) is 0 Å². The molecule has 0 aliphatic heterocycles. The van der Waals surface area contributed by atoms with Gasteiger partial charge in [-0.25, -0.2) is 0 Å². The molecule has 10 atom stereocenters. The zero-order chi connectivity index (χ0) is 50.8. The van der Waals surface area contributed by atoms with Crippen LogP contribution in [0.3, 0.4) is 0 Å². The topological polar surface area (TPSA) is 407 Å². The first kappa shape index (κ1) is 56.9. The molecule has 24 heteroatoms. The molecule has 7 rings (SSSR count). The Labute approximate surface area is 432 Å². The van der Waals surface area contributed by atoms with Crippen LogP contribution in [0.5, 0.6) is 17.2 Å². The SMILES string of the molecule is NCC12CC3(CNC(=O)c4c([O-])c(=O)ccn4CC(O)C(O)CO)C[C@](CCC(=O)c4c([O-])c(=O)ccn4CC(O)C(O)CO)(C1)C[C@](CCC(=O)c1c([O-])c(=O)ccn1CC(O)C(O)CO)(C2)C3.[Gd+3]. The third-order valence-corrected chi connectivity index (χ3v) is 14.5. The van der Waals surface area contributed by atoms with Crippen LogP contribution in [0.4, 0.5) is 0 Å². The van der Waals surface area contributed by atoms with Crippen molar-refractivity contribution in [1.82, 2.24) is 19.0 Å². The minimum absolute atomic E-state index is 0. The number of nitrogens with one attached hydrogen (secondary N) is 1. The molecule has 70 heavy (non-hydrogen) atoms. The van der Waals surface area contributed by atoms with E-state index in [9.17, 15) is 90.0 Å². The Morgan fingerprint density at radius 1 is 0.543 bits per heavy atom. The summed E-state index contributed by atoms with van der Waals surface area (Å²) in [4.78, 5) is 80.2. The number of rotatable bonds is 24. The Morgan fingerprint density at radius 2 is 0.857 bits per heavy atom. The van der Waals surface area contributed by atoms with Crippen LogP contribution >= 0.6 is 0 Å². The number of amides is 1. The van der Waals surface area contributed by atoms with Gasteiger partial charge in [-0.1, -0.05) is 0 Å². The molecule has 4 bridgehead atoms. The Bertz CT molecular complexity index is 2300. The van der Waals surface area contributed by atoms with Gasteiger partial charge in [-0.2, -0.15) is 0 Å². The summed E-state index contributed by atoms with van der Waals surface area (Å²) >= 11 is 0. The predicted octanol–water partition coefficient (Wildman–Crippen LogP) is -5.12. The second-order valence-corrected chi connectivity index (χ2v) is 19.8. The summed E-state index contributed by atoms with van der Waals surface area (Å²) in [6.07, 6.45) is -4.76. The van der Waals surface area contributed by atoms with Gasteiger partial charge in [-0.05, 0) is 96.8 Å². The molecule has 23 nitrogen and oxygen atoms in total. The maximum absolute atomic E-state index is 14.2. The molecule has 4 aliphatic rings. The second kappa shape index (κ2) is 22.8. The van der Waals surface area contributed by atoms with Crippen LogP contribution in [-0.4, -0.2) is 147 Å². The molecule has 1 amide bonds. The van der Waals surface area contributed by atoms with Gasteiger partial charge in [0.05, 0.1) is 69.2 Å². The third kappa shape index (κ3) is 11.9. The van der Waals surface area contributed by atoms with Crippen LogP contribution < -0.4 is 42.7 Å². The molecular weight excluding hydrogens is 1070 g/mol. The molecule has 1 radical (unpaired) electrons. The summed E-state index contributed by atoms with van der Waals surface area (Å²) in [5.74, 6) is -6.07. The average Bonchev–Trinajstić information content (AvgIpc) is 3.31. The van der Waals surface area contributed by atoms with E-state index in [0.29, 0.717) is 38.5 Å². The third-order valence-electron chi connectivity index (χ3n) is 14.5. The number of hydrogen-bond donors (Lipinski definition) is 11. The van der Waals surface area contributed by atoms with Gasteiger partial charge < -0.3 is 86.0 Å². The maximum Gasteiger partial charge on any atom is 3.00 e. The minimum atomic E-state index is -1.65. The molecule has 0 aromatic carbocycles. The maximum atomic E-state index is 14.2. The molecule has 3 heterocycles. The van der Waals surface area contributed by atoms with Crippen molar-refractivity contribution < 1.29 is 116 Å². The van der Waals surface area contributed by atoms with Crippen LogP contribution in [0.15, 0.2) is 51.2 Å². The Balaban J connectivity index is 0.00000913. The molecule has 8 unspecified atom stereocenters. The summed E-state index contributed by atoms with van der Waals surface area (Å²) < 4.78 is 3.06. The molecule has 4 saturated carbocycles. The molecule has 0 spiro atoms. The van der Waals surface area contributed by atoms with Crippen molar-refractivity contribution in [2.45, 2.75) is 120 Å². The van der Waals surface area contributed by atoms with Crippen molar-refractivity contribution in [2.75, 3.05) is 32.9 Å². The van der Waals surface area contributed by atoms with E-state index in [1.165, 1.54) is 0 Å². The zero-order valence-electron chi connectivity index (χ0n) is 38.1. The first-order chi connectivity index (χ1) is 32.5. The van der Waals surface area contributed by atoms with Crippen LogP contribution in [-0.2, 0) is 19.6 Å². The molecular formula is C46H60GdN5O18. The van der Waals surface area contributed by atoms with E-state index in [4.69, 9.17) is 5.73 Å². The normalized spacial score (nSPS) is 25.1. The number of carbonyl (C=O) groups excluding carboxylic acids is 3. The van der Waals surface area contributed by atoms with Gasteiger partial charge in [0.15, 0.2) is 27.9 Å². The van der Waals surface area contributed by atoms with Crippen molar-refractivity contribution in [1.29, 1.82) is 0 Å². The Morgan fingerprint density at radius 3 is 1.21 bits per heavy atom. The molecule has 3 aromatic rings. The molecule has 385 valence electrons. The Hall–Kier alpha value is -4.02. The fraction of sp³-hybridized carbons (Fsp3) is 0.609. The predicted molar refractivity (Wildman–Crippen MR) is 234 cm³/mol. The zero-order valence-corrected chi connectivity index (χ0v) is 40.4. The summed E-state index contributed by atoms with van der Waals surface area (Å²) in [6, 6.07) is 2.69. The Kier molecular flexibility index (Phi) is 18.5. The van der Waals surface area contributed by atoms with E-state index in [1.807, 2.05) is 0 Å². The van der Waals surface area contributed by atoms with Gasteiger partial charge >= 0.3 is 39.9 Å². The van der Waals surface area contributed by atoms with Crippen LogP contribution in [0, 0.1) is 61.6 Å². The van der Waals surface area contributed by atoms with E-state index in [1.54, 1.807) is 0 Å². The number of ketones is 2. The van der Waals surface area contributed by atoms with E-state index in [2.05, 4.69) is 5.32 Å². The average molecular weight is 1130 g/mol. The molecule has 4 fully saturated rings. The summed E-state index contributed by atoms with van der Waals surface area (Å²) in [7, 11) is 0. The largest absolute Gasteiger partial charge is 3.00 e.